The first-order valence-corrected chi connectivity index (χ1v) is 7.06. The molecule has 2 aromatic rings. The fraction of sp³-hybridized carbons (Fsp3) is 0.0625. The van der Waals surface area contributed by atoms with Crippen LogP contribution in [0.4, 0.5) is 0 Å². The first kappa shape index (κ1) is 13.2. The summed E-state index contributed by atoms with van der Waals surface area (Å²) >= 11 is 11.9. The highest BCUT2D eigenvalue weighted by atomic mass is 35.5. The van der Waals surface area contributed by atoms with E-state index in [0.717, 1.165) is 11.3 Å². The van der Waals surface area contributed by atoms with Crippen molar-refractivity contribution in [2.24, 2.45) is 4.99 Å². The van der Waals surface area contributed by atoms with E-state index >= 15 is 0 Å². The SMILES string of the molecule is ClC1=NC(Cl)C=C(c2ccc(-c3ccccc3)cc2)N1. The van der Waals surface area contributed by atoms with Crippen molar-refractivity contribution in [3.8, 4) is 11.1 Å². The monoisotopic (exact) mass is 302 g/mol. The molecule has 0 spiro atoms. The second-order valence-electron chi connectivity index (χ2n) is 4.44. The normalized spacial score (nSPS) is 18.0. The molecule has 2 nitrogen and oxygen atoms in total. The lowest BCUT2D eigenvalue weighted by molar-refractivity contribution is 1.07. The predicted molar refractivity (Wildman–Crippen MR) is 85.9 cm³/mol. The molecular weight excluding hydrogens is 291 g/mol. The van der Waals surface area contributed by atoms with Gasteiger partial charge < -0.3 is 5.32 Å². The highest BCUT2D eigenvalue weighted by molar-refractivity contribution is 6.65. The zero-order chi connectivity index (χ0) is 13.9. The van der Waals surface area contributed by atoms with Gasteiger partial charge in [-0.2, -0.15) is 0 Å². The lowest BCUT2D eigenvalue weighted by Crippen LogP contribution is -2.22. The Hall–Kier alpha value is -1.77. The Kier molecular flexibility index (Phi) is 3.77. The van der Waals surface area contributed by atoms with E-state index in [4.69, 9.17) is 23.2 Å². The molecule has 2 aromatic carbocycles. The summed E-state index contributed by atoms with van der Waals surface area (Å²) in [5.74, 6) is 0. The molecule has 0 bridgehead atoms. The smallest absolute Gasteiger partial charge is 0.197 e. The Morgan fingerprint density at radius 2 is 1.45 bits per heavy atom. The number of hydrogen-bond donors (Lipinski definition) is 1. The molecule has 0 fully saturated rings. The zero-order valence-corrected chi connectivity index (χ0v) is 12.1. The topological polar surface area (TPSA) is 24.4 Å². The molecule has 0 saturated heterocycles. The van der Waals surface area contributed by atoms with Gasteiger partial charge >= 0.3 is 0 Å². The summed E-state index contributed by atoms with van der Waals surface area (Å²) in [6, 6.07) is 18.5. The molecule has 1 aliphatic rings. The van der Waals surface area contributed by atoms with Gasteiger partial charge in [-0.3, -0.25) is 0 Å². The van der Waals surface area contributed by atoms with E-state index in [1.807, 2.05) is 36.4 Å². The molecule has 100 valence electrons. The van der Waals surface area contributed by atoms with Gasteiger partial charge in [0.05, 0.1) is 0 Å². The van der Waals surface area contributed by atoms with Crippen molar-refractivity contribution in [2.45, 2.75) is 5.50 Å². The zero-order valence-electron chi connectivity index (χ0n) is 10.6. The van der Waals surface area contributed by atoms with Crippen LogP contribution in [0.15, 0.2) is 65.7 Å². The predicted octanol–water partition coefficient (Wildman–Crippen LogP) is 4.46. The van der Waals surface area contributed by atoms with Gasteiger partial charge in [0.2, 0.25) is 0 Å². The fourth-order valence-corrected chi connectivity index (χ4v) is 2.59. The number of nitrogens with one attached hydrogen (secondary N) is 1. The largest absolute Gasteiger partial charge is 0.330 e. The molecule has 0 amide bonds. The van der Waals surface area contributed by atoms with Crippen molar-refractivity contribution < 1.29 is 0 Å². The van der Waals surface area contributed by atoms with E-state index in [2.05, 4.69) is 34.6 Å². The van der Waals surface area contributed by atoms with Crippen LogP contribution in [0.3, 0.4) is 0 Å². The number of alkyl halides is 1. The molecule has 0 aromatic heterocycles. The van der Waals surface area contributed by atoms with Crippen LogP contribution in [-0.4, -0.2) is 10.8 Å². The summed E-state index contributed by atoms with van der Waals surface area (Å²) in [6.07, 6.45) is 1.84. The highest BCUT2D eigenvalue weighted by Crippen LogP contribution is 2.23. The van der Waals surface area contributed by atoms with Gasteiger partial charge in [0.1, 0.15) is 5.50 Å². The van der Waals surface area contributed by atoms with Crippen LogP contribution < -0.4 is 5.32 Å². The molecule has 20 heavy (non-hydrogen) atoms. The summed E-state index contributed by atoms with van der Waals surface area (Å²) in [7, 11) is 0. The van der Waals surface area contributed by atoms with Crippen LogP contribution in [0.1, 0.15) is 5.56 Å². The van der Waals surface area contributed by atoms with Gasteiger partial charge in [-0.15, -0.1) is 0 Å². The Labute approximate surface area is 127 Å². The Balaban J connectivity index is 1.87. The van der Waals surface area contributed by atoms with E-state index in [1.54, 1.807) is 0 Å². The second kappa shape index (κ2) is 5.70. The van der Waals surface area contributed by atoms with E-state index < -0.39 is 5.50 Å². The van der Waals surface area contributed by atoms with E-state index in [9.17, 15) is 0 Å². The summed E-state index contributed by atoms with van der Waals surface area (Å²) in [5.41, 5.74) is 3.85. The van der Waals surface area contributed by atoms with Crippen molar-refractivity contribution in [3.05, 3.63) is 66.2 Å². The first-order valence-electron chi connectivity index (χ1n) is 6.24. The number of halogens is 2. The molecule has 1 N–H and O–H groups in total. The Morgan fingerprint density at radius 3 is 2.10 bits per heavy atom. The number of hydrogen-bond acceptors (Lipinski definition) is 2. The molecular formula is C16H12Cl2N2. The molecule has 1 heterocycles. The summed E-state index contributed by atoms with van der Waals surface area (Å²) in [6.45, 7) is 0. The van der Waals surface area contributed by atoms with Gasteiger partial charge in [0.15, 0.2) is 5.29 Å². The maximum Gasteiger partial charge on any atom is 0.197 e. The van der Waals surface area contributed by atoms with Crippen molar-refractivity contribution in [1.82, 2.24) is 5.32 Å². The van der Waals surface area contributed by atoms with Gasteiger partial charge in [-0.05, 0) is 34.4 Å². The van der Waals surface area contributed by atoms with Crippen LogP contribution in [0.5, 0.6) is 0 Å². The summed E-state index contributed by atoms with van der Waals surface area (Å²) < 4.78 is 0. The molecule has 0 aliphatic carbocycles. The second-order valence-corrected chi connectivity index (χ2v) is 5.25. The minimum Gasteiger partial charge on any atom is -0.330 e. The van der Waals surface area contributed by atoms with Crippen LogP contribution in [0.2, 0.25) is 0 Å². The lowest BCUT2D eigenvalue weighted by Gasteiger charge is -2.16. The third-order valence-electron chi connectivity index (χ3n) is 3.08. The number of nitrogens with zero attached hydrogens (tertiary/aromatic N) is 1. The van der Waals surface area contributed by atoms with E-state index in [1.165, 1.54) is 11.1 Å². The molecule has 4 heteroatoms. The molecule has 1 unspecified atom stereocenters. The van der Waals surface area contributed by atoms with Gasteiger partial charge in [0.25, 0.3) is 0 Å². The third kappa shape index (κ3) is 2.87. The average molecular weight is 303 g/mol. The number of aliphatic imine (C=N–C) groups is 1. The fourth-order valence-electron chi connectivity index (χ4n) is 2.11. The lowest BCUT2D eigenvalue weighted by atomic mass is 10.0. The van der Waals surface area contributed by atoms with Crippen LogP contribution in [0, 0.1) is 0 Å². The van der Waals surface area contributed by atoms with E-state index in [-0.39, 0.29) is 0 Å². The van der Waals surface area contributed by atoms with Crippen LogP contribution >= 0.6 is 23.2 Å². The molecule has 0 saturated carbocycles. The average Bonchev–Trinajstić information content (AvgIpc) is 2.47. The van der Waals surface area contributed by atoms with E-state index in [0.29, 0.717) is 5.29 Å². The highest BCUT2D eigenvalue weighted by Gasteiger charge is 2.12. The maximum atomic E-state index is 5.99. The van der Waals surface area contributed by atoms with Crippen molar-refractivity contribution in [1.29, 1.82) is 0 Å². The van der Waals surface area contributed by atoms with Gasteiger partial charge in [0, 0.05) is 5.70 Å². The molecule has 1 atom stereocenters. The Morgan fingerprint density at radius 1 is 0.850 bits per heavy atom. The van der Waals surface area contributed by atoms with Crippen molar-refractivity contribution >= 4 is 34.2 Å². The van der Waals surface area contributed by atoms with Crippen molar-refractivity contribution in [3.63, 3.8) is 0 Å². The summed E-state index contributed by atoms with van der Waals surface area (Å²) in [5, 5.41) is 3.33. The Bertz CT molecular complexity index is 661. The third-order valence-corrected chi connectivity index (χ3v) is 3.50. The van der Waals surface area contributed by atoms with Crippen LogP contribution in [-0.2, 0) is 0 Å². The summed E-state index contributed by atoms with van der Waals surface area (Å²) in [4.78, 5) is 3.98. The van der Waals surface area contributed by atoms with Crippen molar-refractivity contribution in [2.75, 3.05) is 0 Å². The minimum atomic E-state index is -0.424. The number of benzene rings is 2. The molecule has 0 radical (unpaired) electrons. The standard InChI is InChI=1S/C16H12Cl2N2/c17-15-10-14(19-16(18)20-15)13-8-6-12(7-9-13)11-4-2-1-3-5-11/h1-10,15H,(H,19,20). The minimum absolute atomic E-state index is 0.314. The maximum absolute atomic E-state index is 5.99. The number of rotatable bonds is 2. The van der Waals surface area contributed by atoms with Gasteiger partial charge in [-0.25, -0.2) is 4.99 Å². The molecule has 3 rings (SSSR count). The van der Waals surface area contributed by atoms with Crippen LogP contribution in [0.25, 0.3) is 16.8 Å². The molecule has 1 aliphatic heterocycles. The first-order chi connectivity index (χ1) is 9.72. The van der Waals surface area contributed by atoms with Gasteiger partial charge in [-0.1, -0.05) is 66.2 Å². The number of amidine groups is 1. The quantitative estimate of drug-likeness (QED) is 0.643.